The summed E-state index contributed by atoms with van der Waals surface area (Å²) in [5, 5.41) is 0. The summed E-state index contributed by atoms with van der Waals surface area (Å²) < 4.78 is 6.59. The van der Waals surface area contributed by atoms with Crippen molar-refractivity contribution >= 4 is 21.8 Å². The van der Waals surface area contributed by atoms with Crippen LogP contribution in [0.15, 0.2) is 59.1 Å². The third-order valence-corrected chi connectivity index (χ3v) is 4.45. The van der Waals surface area contributed by atoms with Crippen LogP contribution in [-0.2, 0) is 21.7 Å². The van der Waals surface area contributed by atoms with Crippen LogP contribution < -0.4 is 5.73 Å². The molecule has 0 fully saturated rings. The molecule has 0 bridgehead atoms. The van der Waals surface area contributed by atoms with E-state index in [0.29, 0.717) is 19.8 Å². The number of benzene rings is 2. The fourth-order valence-corrected chi connectivity index (χ4v) is 2.65. The SMILES string of the molecule is CN(CCOCc1ccccc1)C(=O)C(C)(N)c1ccc(Br)cc1. The average molecular weight is 391 g/mol. The maximum atomic E-state index is 12.6. The molecule has 0 aliphatic heterocycles. The Morgan fingerprint density at radius 1 is 1.17 bits per heavy atom. The molecule has 0 aliphatic rings. The van der Waals surface area contributed by atoms with E-state index in [4.69, 9.17) is 10.5 Å². The number of ether oxygens (including phenoxy) is 1. The van der Waals surface area contributed by atoms with Gasteiger partial charge in [0.15, 0.2) is 0 Å². The Labute approximate surface area is 151 Å². The highest BCUT2D eigenvalue weighted by molar-refractivity contribution is 9.10. The molecule has 2 rings (SSSR count). The van der Waals surface area contributed by atoms with Crippen LogP contribution in [0.25, 0.3) is 0 Å². The van der Waals surface area contributed by atoms with E-state index in [-0.39, 0.29) is 5.91 Å². The van der Waals surface area contributed by atoms with Crippen molar-refractivity contribution in [2.75, 3.05) is 20.2 Å². The Morgan fingerprint density at radius 2 is 1.79 bits per heavy atom. The zero-order valence-electron chi connectivity index (χ0n) is 14.0. The standard InChI is InChI=1S/C19H23BrN2O2/c1-19(21,16-8-10-17(20)11-9-16)18(23)22(2)12-13-24-14-15-6-4-3-5-7-15/h3-11H,12-14,21H2,1-2H3. The summed E-state index contributed by atoms with van der Waals surface area (Å²) in [5.74, 6) is -0.131. The second-order valence-corrected chi connectivity index (χ2v) is 6.89. The highest BCUT2D eigenvalue weighted by Gasteiger charge is 2.32. The van der Waals surface area contributed by atoms with Crippen molar-refractivity contribution in [3.63, 3.8) is 0 Å². The van der Waals surface area contributed by atoms with Crippen molar-refractivity contribution < 1.29 is 9.53 Å². The van der Waals surface area contributed by atoms with Crippen molar-refractivity contribution in [1.82, 2.24) is 4.90 Å². The normalized spacial score (nSPS) is 13.3. The lowest BCUT2D eigenvalue weighted by molar-refractivity contribution is -0.136. The minimum atomic E-state index is -1.06. The summed E-state index contributed by atoms with van der Waals surface area (Å²) in [6.45, 7) is 3.23. The van der Waals surface area contributed by atoms with Crippen LogP contribution in [0.3, 0.4) is 0 Å². The van der Waals surface area contributed by atoms with Crippen LogP contribution in [0, 0.1) is 0 Å². The van der Waals surface area contributed by atoms with Crippen molar-refractivity contribution in [1.29, 1.82) is 0 Å². The van der Waals surface area contributed by atoms with Crippen LogP contribution in [0.5, 0.6) is 0 Å². The minimum Gasteiger partial charge on any atom is -0.375 e. The fraction of sp³-hybridized carbons (Fsp3) is 0.316. The molecular formula is C19H23BrN2O2. The maximum absolute atomic E-state index is 12.6. The molecule has 0 aliphatic carbocycles. The zero-order chi connectivity index (χ0) is 17.6. The van der Waals surface area contributed by atoms with E-state index in [9.17, 15) is 4.79 Å². The molecule has 4 nitrogen and oxygen atoms in total. The van der Waals surface area contributed by atoms with Gasteiger partial charge in [0.05, 0.1) is 13.2 Å². The summed E-state index contributed by atoms with van der Waals surface area (Å²) in [5.41, 5.74) is 7.12. The van der Waals surface area contributed by atoms with E-state index in [1.807, 2.05) is 54.6 Å². The smallest absolute Gasteiger partial charge is 0.246 e. The molecule has 2 aromatic rings. The van der Waals surface area contributed by atoms with E-state index in [0.717, 1.165) is 15.6 Å². The third-order valence-electron chi connectivity index (χ3n) is 3.92. The molecule has 0 aromatic heterocycles. The monoisotopic (exact) mass is 390 g/mol. The Balaban J connectivity index is 1.85. The molecule has 2 N–H and O–H groups in total. The Hall–Kier alpha value is -1.69. The van der Waals surface area contributed by atoms with Crippen molar-refractivity contribution in [2.24, 2.45) is 5.73 Å². The van der Waals surface area contributed by atoms with Crippen LogP contribution in [0.1, 0.15) is 18.1 Å². The summed E-state index contributed by atoms with van der Waals surface area (Å²) in [4.78, 5) is 14.3. The van der Waals surface area contributed by atoms with Crippen molar-refractivity contribution in [3.8, 4) is 0 Å². The molecule has 0 radical (unpaired) electrons. The van der Waals surface area contributed by atoms with Gasteiger partial charge in [-0.25, -0.2) is 0 Å². The lowest BCUT2D eigenvalue weighted by Crippen LogP contribution is -2.50. The number of carbonyl (C=O) groups is 1. The number of rotatable bonds is 7. The second-order valence-electron chi connectivity index (χ2n) is 5.97. The molecule has 24 heavy (non-hydrogen) atoms. The molecule has 0 heterocycles. The zero-order valence-corrected chi connectivity index (χ0v) is 15.6. The molecule has 1 unspecified atom stereocenters. The predicted octanol–water partition coefficient (Wildman–Crippen LogP) is 3.30. The highest BCUT2D eigenvalue weighted by Crippen LogP contribution is 2.22. The van der Waals surface area contributed by atoms with Gasteiger partial charge in [-0.05, 0) is 30.2 Å². The summed E-state index contributed by atoms with van der Waals surface area (Å²) >= 11 is 3.39. The van der Waals surface area contributed by atoms with E-state index < -0.39 is 5.54 Å². The fourth-order valence-electron chi connectivity index (χ4n) is 2.38. The first-order chi connectivity index (χ1) is 11.4. The third kappa shape index (κ3) is 4.90. The number of nitrogens with zero attached hydrogens (tertiary/aromatic N) is 1. The van der Waals surface area contributed by atoms with E-state index in [2.05, 4.69) is 15.9 Å². The molecule has 5 heteroatoms. The van der Waals surface area contributed by atoms with Crippen molar-refractivity contribution in [2.45, 2.75) is 19.1 Å². The predicted molar refractivity (Wildman–Crippen MR) is 99.4 cm³/mol. The van der Waals surface area contributed by atoms with Gasteiger partial charge in [0, 0.05) is 18.1 Å². The molecular weight excluding hydrogens is 368 g/mol. The number of amides is 1. The Kier molecular flexibility index (Phi) is 6.54. The number of hydrogen-bond donors (Lipinski definition) is 1. The number of likely N-dealkylation sites (N-methyl/N-ethyl adjacent to an activating group) is 1. The lowest BCUT2D eigenvalue weighted by atomic mass is 9.92. The van der Waals surface area contributed by atoms with Gasteiger partial charge in [-0.3, -0.25) is 4.79 Å². The van der Waals surface area contributed by atoms with Crippen LogP contribution in [-0.4, -0.2) is 31.0 Å². The van der Waals surface area contributed by atoms with Gasteiger partial charge in [0.2, 0.25) is 5.91 Å². The molecule has 1 atom stereocenters. The maximum Gasteiger partial charge on any atom is 0.246 e. The number of nitrogens with two attached hydrogens (primary N) is 1. The Morgan fingerprint density at radius 3 is 2.42 bits per heavy atom. The number of hydrogen-bond acceptors (Lipinski definition) is 3. The minimum absolute atomic E-state index is 0.131. The quantitative estimate of drug-likeness (QED) is 0.737. The molecule has 2 aromatic carbocycles. The van der Waals surface area contributed by atoms with E-state index in [1.165, 1.54) is 0 Å². The molecule has 128 valence electrons. The topological polar surface area (TPSA) is 55.6 Å². The van der Waals surface area contributed by atoms with Gasteiger partial charge >= 0.3 is 0 Å². The van der Waals surface area contributed by atoms with E-state index >= 15 is 0 Å². The molecule has 1 amide bonds. The van der Waals surface area contributed by atoms with Crippen LogP contribution in [0.2, 0.25) is 0 Å². The average Bonchev–Trinajstić information content (AvgIpc) is 2.59. The first-order valence-corrected chi connectivity index (χ1v) is 8.62. The number of halogens is 1. The first-order valence-electron chi connectivity index (χ1n) is 7.83. The Bertz CT molecular complexity index is 657. The lowest BCUT2D eigenvalue weighted by Gasteiger charge is -2.29. The van der Waals surface area contributed by atoms with Crippen molar-refractivity contribution in [3.05, 3.63) is 70.2 Å². The molecule has 0 saturated carbocycles. The van der Waals surface area contributed by atoms with Crippen LogP contribution in [0.4, 0.5) is 0 Å². The van der Waals surface area contributed by atoms with Gasteiger partial charge in [-0.2, -0.15) is 0 Å². The van der Waals surface area contributed by atoms with Gasteiger partial charge in [-0.1, -0.05) is 58.4 Å². The summed E-state index contributed by atoms with van der Waals surface area (Å²) in [7, 11) is 1.75. The first kappa shape index (κ1) is 18.6. The van der Waals surface area contributed by atoms with Gasteiger partial charge in [0.25, 0.3) is 0 Å². The largest absolute Gasteiger partial charge is 0.375 e. The second kappa shape index (κ2) is 8.42. The van der Waals surface area contributed by atoms with Crippen LogP contribution >= 0.6 is 15.9 Å². The molecule has 0 spiro atoms. The van der Waals surface area contributed by atoms with E-state index in [1.54, 1.807) is 18.9 Å². The van der Waals surface area contributed by atoms with Gasteiger partial charge in [-0.15, -0.1) is 0 Å². The summed E-state index contributed by atoms with van der Waals surface area (Å²) in [6.07, 6.45) is 0. The number of carbonyl (C=O) groups excluding carboxylic acids is 1. The summed E-state index contributed by atoms with van der Waals surface area (Å²) in [6, 6.07) is 17.5. The van der Waals surface area contributed by atoms with Gasteiger partial charge < -0.3 is 15.4 Å². The van der Waals surface area contributed by atoms with Gasteiger partial charge in [0.1, 0.15) is 5.54 Å². The highest BCUT2D eigenvalue weighted by atomic mass is 79.9. The molecule has 0 saturated heterocycles.